The van der Waals surface area contributed by atoms with Crippen molar-refractivity contribution in [2.75, 3.05) is 0 Å². The number of hydrogen-bond acceptors (Lipinski definition) is 4. The fourth-order valence-corrected chi connectivity index (χ4v) is 0.958. The standard InChI is InChI=1S/C9H9NO3/c1-7(11)13-9(4-5-10)8-3-2-6-12-8/h2-3,6,9H,4H2,1H3. The molecule has 0 saturated carbocycles. The van der Waals surface area contributed by atoms with Crippen LogP contribution in [0.2, 0.25) is 0 Å². The highest BCUT2D eigenvalue weighted by Crippen LogP contribution is 2.20. The molecule has 0 saturated heterocycles. The molecule has 1 heterocycles. The van der Waals surface area contributed by atoms with Gasteiger partial charge < -0.3 is 9.15 Å². The van der Waals surface area contributed by atoms with E-state index in [9.17, 15) is 4.79 Å². The minimum absolute atomic E-state index is 0.104. The lowest BCUT2D eigenvalue weighted by Crippen LogP contribution is -2.06. The first-order chi connectivity index (χ1) is 6.24. The van der Waals surface area contributed by atoms with Gasteiger partial charge in [-0.3, -0.25) is 4.79 Å². The highest BCUT2D eigenvalue weighted by atomic mass is 16.5. The minimum atomic E-state index is -0.586. The molecule has 0 aliphatic carbocycles. The van der Waals surface area contributed by atoms with Gasteiger partial charge in [0, 0.05) is 6.92 Å². The van der Waals surface area contributed by atoms with Crippen LogP contribution in [-0.4, -0.2) is 5.97 Å². The fourth-order valence-electron chi connectivity index (χ4n) is 0.958. The van der Waals surface area contributed by atoms with Gasteiger partial charge in [0.2, 0.25) is 0 Å². The molecule has 0 N–H and O–H groups in total. The van der Waals surface area contributed by atoms with Crippen LogP contribution in [0.4, 0.5) is 0 Å². The third-order valence-electron chi connectivity index (χ3n) is 1.45. The predicted molar refractivity (Wildman–Crippen MR) is 43.4 cm³/mol. The van der Waals surface area contributed by atoms with Crippen molar-refractivity contribution in [1.82, 2.24) is 0 Å². The van der Waals surface area contributed by atoms with Crippen LogP contribution < -0.4 is 0 Å². The molecule has 0 aromatic carbocycles. The van der Waals surface area contributed by atoms with Crippen LogP contribution in [0.5, 0.6) is 0 Å². The molecular formula is C9H9NO3. The summed E-state index contributed by atoms with van der Waals surface area (Å²) in [5.74, 6) is 0.0772. The van der Waals surface area contributed by atoms with Crippen LogP contribution in [0.15, 0.2) is 22.8 Å². The Morgan fingerprint density at radius 2 is 2.62 bits per heavy atom. The summed E-state index contributed by atoms with van der Waals surface area (Å²) >= 11 is 0. The molecular weight excluding hydrogens is 170 g/mol. The van der Waals surface area contributed by atoms with E-state index >= 15 is 0 Å². The second-order valence-corrected chi connectivity index (χ2v) is 2.48. The van der Waals surface area contributed by atoms with Gasteiger partial charge in [0.05, 0.1) is 18.8 Å². The Bertz CT molecular complexity index is 310. The van der Waals surface area contributed by atoms with Crippen molar-refractivity contribution in [2.24, 2.45) is 0 Å². The fraction of sp³-hybridized carbons (Fsp3) is 0.333. The van der Waals surface area contributed by atoms with E-state index in [2.05, 4.69) is 0 Å². The molecule has 4 heteroatoms. The lowest BCUT2D eigenvalue weighted by Gasteiger charge is -2.10. The largest absolute Gasteiger partial charge is 0.465 e. The number of furan rings is 1. The second-order valence-electron chi connectivity index (χ2n) is 2.48. The lowest BCUT2D eigenvalue weighted by atomic mass is 10.2. The van der Waals surface area contributed by atoms with E-state index in [1.165, 1.54) is 13.2 Å². The average Bonchev–Trinajstić information content (AvgIpc) is 2.54. The van der Waals surface area contributed by atoms with Gasteiger partial charge in [-0.15, -0.1) is 0 Å². The number of nitriles is 1. The van der Waals surface area contributed by atoms with E-state index in [0.29, 0.717) is 5.76 Å². The van der Waals surface area contributed by atoms with Gasteiger partial charge in [0.25, 0.3) is 0 Å². The number of rotatable bonds is 3. The number of esters is 1. The van der Waals surface area contributed by atoms with Crippen LogP contribution in [0.25, 0.3) is 0 Å². The Morgan fingerprint density at radius 3 is 3.08 bits per heavy atom. The summed E-state index contributed by atoms with van der Waals surface area (Å²) in [5, 5.41) is 8.47. The van der Waals surface area contributed by atoms with Gasteiger partial charge >= 0.3 is 5.97 Å². The topological polar surface area (TPSA) is 63.2 Å². The van der Waals surface area contributed by atoms with Gasteiger partial charge in [-0.1, -0.05) is 0 Å². The monoisotopic (exact) mass is 179 g/mol. The Labute approximate surface area is 75.7 Å². The molecule has 1 aromatic rings. The maximum absolute atomic E-state index is 10.7. The van der Waals surface area contributed by atoms with Gasteiger partial charge in [-0.05, 0) is 12.1 Å². The second kappa shape index (κ2) is 4.31. The molecule has 1 atom stereocenters. The first-order valence-corrected chi connectivity index (χ1v) is 3.81. The van der Waals surface area contributed by atoms with Gasteiger partial charge in [0.1, 0.15) is 5.76 Å². The molecule has 0 amide bonds. The molecule has 68 valence electrons. The Balaban J connectivity index is 2.69. The molecule has 0 bridgehead atoms. The zero-order valence-electron chi connectivity index (χ0n) is 7.19. The van der Waals surface area contributed by atoms with Crippen LogP contribution in [0, 0.1) is 11.3 Å². The van der Waals surface area contributed by atoms with E-state index < -0.39 is 12.1 Å². The van der Waals surface area contributed by atoms with E-state index in [-0.39, 0.29) is 6.42 Å². The minimum Gasteiger partial charge on any atom is -0.465 e. The summed E-state index contributed by atoms with van der Waals surface area (Å²) < 4.78 is 9.90. The van der Waals surface area contributed by atoms with Crippen LogP contribution in [-0.2, 0) is 9.53 Å². The molecule has 1 aromatic heterocycles. The van der Waals surface area contributed by atoms with Crippen LogP contribution in [0.3, 0.4) is 0 Å². The summed E-state index contributed by atoms with van der Waals surface area (Å²) in [6.07, 6.45) is 0.994. The number of ether oxygens (including phenoxy) is 1. The average molecular weight is 179 g/mol. The first-order valence-electron chi connectivity index (χ1n) is 3.81. The molecule has 4 nitrogen and oxygen atoms in total. The SMILES string of the molecule is CC(=O)OC(CC#N)c1ccco1. The highest BCUT2D eigenvalue weighted by Gasteiger charge is 2.16. The van der Waals surface area contributed by atoms with Crippen LogP contribution in [0.1, 0.15) is 25.2 Å². The van der Waals surface area contributed by atoms with Gasteiger partial charge in [-0.25, -0.2) is 0 Å². The number of hydrogen-bond donors (Lipinski definition) is 0. The molecule has 0 radical (unpaired) electrons. The van der Waals surface area contributed by atoms with Crippen molar-refractivity contribution in [3.63, 3.8) is 0 Å². The zero-order valence-corrected chi connectivity index (χ0v) is 7.19. The van der Waals surface area contributed by atoms with Gasteiger partial charge in [-0.2, -0.15) is 5.26 Å². The summed E-state index contributed by atoms with van der Waals surface area (Å²) in [7, 11) is 0. The van der Waals surface area contributed by atoms with Gasteiger partial charge in [0.15, 0.2) is 6.10 Å². The Kier molecular flexibility index (Phi) is 3.09. The van der Waals surface area contributed by atoms with Crippen molar-refractivity contribution in [1.29, 1.82) is 5.26 Å². The zero-order chi connectivity index (χ0) is 9.68. The number of nitrogens with zero attached hydrogens (tertiary/aromatic N) is 1. The van der Waals surface area contributed by atoms with E-state index in [0.717, 1.165) is 0 Å². The van der Waals surface area contributed by atoms with E-state index in [1.54, 1.807) is 12.1 Å². The molecule has 13 heavy (non-hydrogen) atoms. The van der Waals surface area contributed by atoms with E-state index in [1.807, 2.05) is 6.07 Å². The molecule has 1 rings (SSSR count). The smallest absolute Gasteiger partial charge is 0.303 e. The van der Waals surface area contributed by atoms with Crippen molar-refractivity contribution >= 4 is 5.97 Å². The number of carbonyl (C=O) groups excluding carboxylic acids is 1. The van der Waals surface area contributed by atoms with Crippen molar-refractivity contribution in [3.8, 4) is 6.07 Å². The highest BCUT2D eigenvalue weighted by molar-refractivity contribution is 5.66. The van der Waals surface area contributed by atoms with E-state index in [4.69, 9.17) is 14.4 Å². The predicted octanol–water partition coefficient (Wildman–Crippen LogP) is 1.80. The van der Waals surface area contributed by atoms with Crippen molar-refractivity contribution in [3.05, 3.63) is 24.2 Å². The van der Waals surface area contributed by atoms with Crippen LogP contribution >= 0.6 is 0 Å². The molecule has 0 spiro atoms. The maximum Gasteiger partial charge on any atom is 0.303 e. The summed E-state index contributed by atoms with van der Waals surface area (Å²) in [4.78, 5) is 10.7. The van der Waals surface area contributed by atoms with Crippen molar-refractivity contribution in [2.45, 2.75) is 19.4 Å². The molecule has 0 fully saturated rings. The maximum atomic E-state index is 10.7. The first kappa shape index (κ1) is 9.33. The Hall–Kier alpha value is -1.76. The summed E-state index contributed by atoms with van der Waals surface area (Å²) in [6, 6.07) is 5.28. The quantitative estimate of drug-likeness (QED) is 0.663. The third kappa shape index (κ3) is 2.64. The Morgan fingerprint density at radius 1 is 1.85 bits per heavy atom. The number of carbonyl (C=O) groups is 1. The molecule has 1 unspecified atom stereocenters. The van der Waals surface area contributed by atoms with Crippen molar-refractivity contribution < 1.29 is 13.9 Å². The summed E-state index contributed by atoms with van der Waals surface area (Å²) in [5.41, 5.74) is 0. The normalized spacial score (nSPS) is 11.7. The molecule has 0 aliphatic rings. The third-order valence-corrected chi connectivity index (χ3v) is 1.45. The lowest BCUT2D eigenvalue weighted by molar-refractivity contribution is -0.147. The summed E-state index contributed by atoms with van der Waals surface area (Å²) in [6.45, 7) is 1.30. The molecule has 0 aliphatic heterocycles.